The van der Waals surface area contributed by atoms with Crippen LogP contribution < -0.4 is 0 Å². The summed E-state index contributed by atoms with van der Waals surface area (Å²) in [5, 5.41) is 9.21. The maximum Gasteiger partial charge on any atom is 0.416 e. The van der Waals surface area contributed by atoms with Gasteiger partial charge in [0.25, 0.3) is 0 Å². The van der Waals surface area contributed by atoms with E-state index >= 15 is 0 Å². The van der Waals surface area contributed by atoms with Gasteiger partial charge in [0.2, 0.25) is 0 Å². The van der Waals surface area contributed by atoms with E-state index in [2.05, 4.69) is 0 Å². The summed E-state index contributed by atoms with van der Waals surface area (Å²) in [6, 6.07) is 4.56. The van der Waals surface area contributed by atoms with Crippen molar-refractivity contribution in [2.24, 2.45) is 0 Å². The van der Waals surface area contributed by atoms with Gasteiger partial charge >= 0.3 is 6.18 Å². The van der Waals surface area contributed by atoms with Gasteiger partial charge in [0.1, 0.15) is 5.76 Å². The molecule has 0 fully saturated rings. The maximum atomic E-state index is 12.2. The Balaban J connectivity index is 3.14. The van der Waals surface area contributed by atoms with Crippen molar-refractivity contribution >= 4 is 5.76 Å². The Hall–Kier alpha value is -1.45. The van der Waals surface area contributed by atoms with Gasteiger partial charge < -0.3 is 5.11 Å². The molecule has 0 amide bonds. The zero-order valence-electron chi connectivity index (χ0n) is 7.47. The number of hydrogen-bond acceptors (Lipinski definition) is 1. The number of aliphatic hydroxyl groups is 1. The lowest BCUT2D eigenvalue weighted by molar-refractivity contribution is -0.137. The number of alkyl halides is 3. The normalized spacial score (nSPS) is 13.0. The van der Waals surface area contributed by atoms with Gasteiger partial charge in [0.05, 0.1) is 5.56 Å². The summed E-state index contributed by atoms with van der Waals surface area (Å²) in [5.41, 5.74) is -0.592. The number of aliphatic hydroxyl groups excluding tert-OH is 1. The first-order chi connectivity index (χ1) is 6.45. The molecule has 0 saturated carbocycles. The average Bonchev–Trinajstić information content (AvgIpc) is 2.15. The van der Waals surface area contributed by atoms with E-state index < -0.39 is 11.7 Å². The van der Waals surface area contributed by atoms with Crippen LogP contribution in [-0.2, 0) is 6.18 Å². The molecule has 0 aliphatic rings. The second-order valence-electron chi connectivity index (χ2n) is 2.75. The van der Waals surface area contributed by atoms with E-state index in [1.54, 1.807) is 6.92 Å². The SMILES string of the molecule is CC=C(O)c1cccc(C(F)(F)F)c1. The minimum Gasteiger partial charge on any atom is -0.508 e. The monoisotopic (exact) mass is 202 g/mol. The molecule has 0 spiro atoms. The van der Waals surface area contributed by atoms with Gasteiger partial charge in [-0.2, -0.15) is 13.2 Å². The van der Waals surface area contributed by atoms with E-state index in [1.165, 1.54) is 18.2 Å². The highest BCUT2D eigenvalue weighted by atomic mass is 19.4. The van der Waals surface area contributed by atoms with E-state index in [0.717, 1.165) is 12.1 Å². The van der Waals surface area contributed by atoms with Crippen LogP contribution in [0, 0.1) is 0 Å². The summed E-state index contributed by atoms with van der Waals surface area (Å²) < 4.78 is 36.7. The highest BCUT2D eigenvalue weighted by molar-refractivity contribution is 5.58. The van der Waals surface area contributed by atoms with Gasteiger partial charge in [-0.15, -0.1) is 0 Å². The van der Waals surface area contributed by atoms with Crippen molar-refractivity contribution in [3.05, 3.63) is 41.5 Å². The lowest BCUT2D eigenvalue weighted by Gasteiger charge is -2.07. The third-order valence-electron chi connectivity index (χ3n) is 1.76. The molecule has 1 rings (SSSR count). The molecule has 0 atom stereocenters. The fourth-order valence-electron chi connectivity index (χ4n) is 1.02. The van der Waals surface area contributed by atoms with Gasteiger partial charge in [0.15, 0.2) is 0 Å². The summed E-state index contributed by atoms with van der Waals surface area (Å²) >= 11 is 0. The van der Waals surface area contributed by atoms with Crippen molar-refractivity contribution in [2.75, 3.05) is 0 Å². The average molecular weight is 202 g/mol. The highest BCUT2D eigenvalue weighted by Gasteiger charge is 2.30. The molecule has 4 heteroatoms. The van der Waals surface area contributed by atoms with Crippen LogP contribution in [0.2, 0.25) is 0 Å². The molecule has 0 unspecified atom stereocenters. The van der Waals surface area contributed by atoms with Gasteiger partial charge in [-0.3, -0.25) is 0 Å². The summed E-state index contributed by atoms with van der Waals surface area (Å²) in [7, 11) is 0. The lowest BCUT2D eigenvalue weighted by Crippen LogP contribution is -2.04. The molecule has 0 aromatic heterocycles. The standard InChI is InChI=1S/C10H9F3O/c1-2-9(14)7-4-3-5-8(6-7)10(11,12)13/h2-6,14H,1H3. The van der Waals surface area contributed by atoms with Crippen LogP contribution in [0.1, 0.15) is 18.1 Å². The topological polar surface area (TPSA) is 20.2 Å². The summed E-state index contributed by atoms with van der Waals surface area (Å²) in [6.45, 7) is 1.55. The largest absolute Gasteiger partial charge is 0.508 e. The Labute approximate surface area is 79.5 Å². The quantitative estimate of drug-likeness (QED) is 0.689. The molecule has 0 aliphatic carbocycles. The van der Waals surface area contributed by atoms with Gasteiger partial charge in [0, 0.05) is 5.56 Å². The second kappa shape index (κ2) is 3.74. The molecule has 1 N–H and O–H groups in total. The fraction of sp³-hybridized carbons (Fsp3) is 0.200. The number of hydrogen-bond donors (Lipinski definition) is 1. The smallest absolute Gasteiger partial charge is 0.416 e. The van der Waals surface area contributed by atoms with E-state index in [4.69, 9.17) is 0 Å². The number of allylic oxidation sites excluding steroid dienone is 1. The first kappa shape index (κ1) is 10.6. The maximum absolute atomic E-state index is 12.2. The zero-order valence-corrected chi connectivity index (χ0v) is 7.47. The molecule has 0 saturated heterocycles. The third kappa shape index (κ3) is 2.28. The van der Waals surface area contributed by atoms with E-state index in [1.807, 2.05) is 0 Å². The second-order valence-corrected chi connectivity index (χ2v) is 2.75. The molecule has 14 heavy (non-hydrogen) atoms. The number of rotatable bonds is 1. The van der Waals surface area contributed by atoms with Crippen LogP contribution in [0.5, 0.6) is 0 Å². The van der Waals surface area contributed by atoms with Crippen LogP contribution >= 0.6 is 0 Å². The Kier molecular flexibility index (Phi) is 2.84. The van der Waals surface area contributed by atoms with Crippen LogP contribution in [0.3, 0.4) is 0 Å². The molecule has 1 aromatic carbocycles. The van der Waals surface area contributed by atoms with Gasteiger partial charge in [-0.25, -0.2) is 0 Å². The van der Waals surface area contributed by atoms with Crippen molar-refractivity contribution in [3.8, 4) is 0 Å². The molecule has 0 heterocycles. The molecule has 0 radical (unpaired) electrons. The Bertz CT molecular complexity index is 353. The van der Waals surface area contributed by atoms with Crippen LogP contribution in [0.4, 0.5) is 13.2 Å². The first-order valence-electron chi connectivity index (χ1n) is 3.98. The third-order valence-corrected chi connectivity index (χ3v) is 1.76. The minimum atomic E-state index is -4.37. The molecule has 76 valence electrons. The summed E-state index contributed by atoms with van der Waals surface area (Å²) in [5.74, 6) is -0.156. The van der Waals surface area contributed by atoms with Crippen LogP contribution in [-0.4, -0.2) is 5.11 Å². The predicted molar refractivity (Wildman–Crippen MR) is 47.7 cm³/mol. The van der Waals surface area contributed by atoms with Crippen molar-refractivity contribution in [1.29, 1.82) is 0 Å². The Morgan fingerprint density at radius 2 is 2.00 bits per heavy atom. The summed E-state index contributed by atoms with van der Waals surface area (Å²) in [4.78, 5) is 0. The number of halogens is 3. The minimum absolute atomic E-state index is 0.156. The van der Waals surface area contributed by atoms with Crippen molar-refractivity contribution in [2.45, 2.75) is 13.1 Å². The molecule has 0 aliphatic heterocycles. The first-order valence-corrected chi connectivity index (χ1v) is 3.98. The summed E-state index contributed by atoms with van der Waals surface area (Å²) in [6.07, 6.45) is -3.03. The van der Waals surface area contributed by atoms with E-state index in [9.17, 15) is 18.3 Å². The van der Waals surface area contributed by atoms with Crippen molar-refractivity contribution in [1.82, 2.24) is 0 Å². The number of benzene rings is 1. The Morgan fingerprint density at radius 1 is 1.36 bits per heavy atom. The molecule has 0 bridgehead atoms. The predicted octanol–water partition coefficient (Wildman–Crippen LogP) is 3.62. The highest BCUT2D eigenvalue weighted by Crippen LogP contribution is 2.30. The molecule has 1 aromatic rings. The zero-order chi connectivity index (χ0) is 10.8. The van der Waals surface area contributed by atoms with Crippen LogP contribution in [0.15, 0.2) is 30.3 Å². The van der Waals surface area contributed by atoms with Crippen LogP contribution in [0.25, 0.3) is 5.76 Å². The fourth-order valence-corrected chi connectivity index (χ4v) is 1.02. The van der Waals surface area contributed by atoms with Crippen molar-refractivity contribution in [3.63, 3.8) is 0 Å². The molecular weight excluding hydrogens is 193 g/mol. The lowest BCUT2D eigenvalue weighted by atomic mass is 10.1. The molecular formula is C10H9F3O. The van der Waals surface area contributed by atoms with E-state index in [0.29, 0.717) is 0 Å². The van der Waals surface area contributed by atoms with E-state index in [-0.39, 0.29) is 11.3 Å². The van der Waals surface area contributed by atoms with Gasteiger partial charge in [-0.1, -0.05) is 12.1 Å². The Morgan fingerprint density at radius 3 is 2.50 bits per heavy atom. The van der Waals surface area contributed by atoms with Gasteiger partial charge in [-0.05, 0) is 25.1 Å². The van der Waals surface area contributed by atoms with Crippen molar-refractivity contribution < 1.29 is 18.3 Å². The molecule has 1 nitrogen and oxygen atoms in total.